The number of benzene rings is 1. The fourth-order valence-electron chi connectivity index (χ4n) is 1.85. The Morgan fingerprint density at radius 3 is 2.33 bits per heavy atom. The van der Waals surface area contributed by atoms with Crippen molar-refractivity contribution in [2.75, 3.05) is 23.7 Å². The number of nitrogens with zero attached hydrogens (tertiary/aromatic N) is 1. The van der Waals surface area contributed by atoms with Gasteiger partial charge in [0.25, 0.3) is 5.92 Å². The van der Waals surface area contributed by atoms with Crippen LogP contribution in [0.2, 0.25) is 0 Å². The van der Waals surface area contributed by atoms with Crippen LogP contribution >= 0.6 is 0 Å². The molecule has 0 radical (unpaired) electrons. The summed E-state index contributed by atoms with van der Waals surface area (Å²) >= 11 is 0. The zero-order valence-electron chi connectivity index (χ0n) is 8.42. The molecule has 1 aliphatic rings. The second-order valence-electron chi connectivity index (χ2n) is 3.90. The van der Waals surface area contributed by atoms with Crippen molar-refractivity contribution in [1.82, 2.24) is 0 Å². The van der Waals surface area contributed by atoms with Crippen LogP contribution in [-0.4, -0.2) is 19.0 Å². The maximum Gasteiger partial charge on any atom is 0.251 e. The molecule has 15 heavy (non-hydrogen) atoms. The number of anilines is 2. The zero-order valence-corrected chi connectivity index (χ0v) is 8.42. The number of nitrogens with two attached hydrogens (primary N) is 1. The smallest absolute Gasteiger partial charge is 0.251 e. The van der Waals surface area contributed by atoms with Gasteiger partial charge in [-0.25, -0.2) is 8.78 Å². The van der Waals surface area contributed by atoms with Crippen molar-refractivity contribution in [2.24, 2.45) is 0 Å². The lowest BCUT2D eigenvalue weighted by molar-refractivity contribution is -0.0220. The van der Waals surface area contributed by atoms with E-state index in [0.29, 0.717) is 18.8 Å². The molecule has 1 aliphatic heterocycles. The molecule has 0 bridgehead atoms. The summed E-state index contributed by atoms with van der Waals surface area (Å²) in [7, 11) is 0. The summed E-state index contributed by atoms with van der Waals surface area (Å²) in [5.74, 6) is -2.50. The molecule has 1 heterocycles. The first-order chi connectivity index (χ1) is 7.08. The van der Waals surface area contributed by atoms with Crippen LogP contribution in [0.5, 0.6) is 0 Å². The highest BCUT2D eigenvalue weighted by Gasteiger charge is 2.34. The lowest BCUT2D eigenvalue weighted by Crippen LogP contribution is -2.39. The maximum atomic E-state index is 12.9. The Kier molecular flexibility index (Phi) is 2.50. The zero-order chi connectivity index (χ0) is 10.9. The average molecular weight is 212 g/mol. The summed E-state index contributed by atoms with van der Waals surface area (Å²) in [6.07, 6.45) is -0.164. The van der Waals surface area contributed by atoms with E-state index in [4.69, 9.17) is 5.73 Å². The van der Waals surface area contributed by atoms with Crippen molar-refractivity contribution >= 4 is 11.4 Å². The molecule has 0 saturated carbocycles. The molecule has 1 aromatic carbocycles. The monoisotopic (exact) mass is 212 g/mol. The van der Waals surface area contributed by atoms with E-state index in [2.05, 4.69) is 0 Å². The molecule has 4 heteroatoms. The normalized spacial score (nSPS) is 20.3. The van der Waals surface area contributed by atoms with Gasteiger partial charge >= 0.3 is 0 Å². The number of nitrogen functional groups attached to an aromatic ring is 1. The van der Waals surface area contributed by atoms with Crippen LogP contribution in [0.15, 0.2) is 24.3 Å². The van der Waals surface area contributed by atoms with Crippen molar-refractivity contribution in [3.8, 4) is 0 Å². The largest absolute Gasteiger partial charge is 0.397 e. The fraction of sp³-hybridized carbons (Fsp3) is 0.455. The number of piperidine rings is 1. The third-order valence-electron chi connectivity index (χ3n) is 2.77. The lowest BCUT2D eigenvalue weighted by atomic mass is 10.1. The van der Waals surface area contributed by atoms with Crippen LogP contribution in [0.1, 0.15) is 12.8 Å². The van der Waals surface area contributed by atoms with E-state index in [1.165, 1.54) is 0 Å². The molecule has 2 rings (SSSR count). The van der Waals surface area contributed by atoms with Gasteiger partial charge in [-0.15, -0.1) is 0 Å². The molecule has 0 amide bonds. The van der Waals surface area contributed by atoms with E-state index in [-0.39, 0.29) is 12.8 Å². The highest BCUT2D eigenvalue weighted by molar-refractivity contribution is 5.67. The van der Waals surface area contributed by atoms with Crippen LogP contribution in [0.25, 0.3) is 0 Å². The van der Waals surface area contributed by atoms with Crippen molar-refractivity contribution in [3.63, 3.8) is 0 Å². The van der Waals surface area contributed by atoms with Crippen molar-refractivity contribution in [1.29, 1.82) is 0 Å². The third kappa shape index (κ3) is 2.19. The Labute approximate surface area is 87.7 Å². The van der Waals surface area contributed by atoms with Gasteiger partial charge in [-0.3, -0.25) is 0 Å². The van der Waals surface area contributed by atoms with Crippen molar-refractivity contribution in [3.05, 3.63) is 24.3 Å². The SMILES string of the molecule is Nc1ccccc1N1CCC(F)(F)CC1. The Morgan fingerprint density at radius 1 is 1.13 bits per heavy atom. The molecule has 1 fully saturated rings. The molecule has 0 aromatic heterocycles. The van der Waals surface area contributed by atoms with Crippen LogP contribution in [0.3, 0.4) is 0 Å². The van der Waals surface area contributed by atoms with E-state index in [1.54, 1.807) is 6.07 Å². The van der Waals surface area contributed by atoms with Gasteiger partial charge in [-0.05, 0) is 12.1 Å². The van der Waals surface area contributed by atoms with E-state index in [0.717, 1.165) is 5.69 Å². The number of hydrogen-bond acceptors (Lipinski definition) is 2. The molecule has 0 unspecified atom stereocenters. The Morgan fingerprint density at radius 2 is 1.73 bits per heavy atom. The predicted octanol–water partition coefficient (Wildman–Crippen LogP) is 2.50. The highest BCUT2D eigenvalue weighted by Crippen LogP contribution is 2.32. The number of halogens is 2. The first-order valence-electron chi connectivity index (χ1n) is 5.06. The standard InChI is InChI=1S/C11H14F2N2/c12-11(13)5-7-15(8-6-11)10-4-2-1-3-9(10)14/h1-4H,5-8,14H2. The third-order valence-corrected chi connectivity index (χ3v) is 2.77. The maximum absolute atomic E-state index is 12.9. The first-order valence-corrected chi connectivity index (χ1v) is 5.06. The predicted molar refractivity (Wildman–Crippen MR) is 57.2 cm³/mol. The molecule has 1 saturated heterocycles. The fourth-order valence-corrected chi connectivity index (χ4v) is 1.85. The number of hydrogen-bond donors (Lipinski definition) is 1. The molecular weight excluding hydrogens is 198 g/mol. The van der Waals surface area contributed by atoms with Gasteiger partial charge in [0.05, 0.1) is 11.4 Å². The van der Waals surface area contributed by atoms with Gasteiger partial charge in [0, 0.05) is 25.9 Å². The van der Waals surface area contributed by atoms with Gasteiger partial charge in [0.1, 0.15) is 0 Å². The lowest BCUT2D eigenvalue weighted by Gasteiger charge is -2.33. The first kappa shape index (κ1) is 10.2. The van der Waals surface area contributed by atoms with Crippen LogP contribution in [0, 0.1) is 0 Å². The molecule has 2 nitrogen and oxygen atoms in total. The quantitative estimate of drug-likeness (QED) is 0.725. The van der Waals surface area contributed by atoms with Gasteiger partial charge in [-0.1, -0.05) is 12.1 Å². The minimum Gasteiger partial charge on any atom is -0.397 e. The molecule has 1 aromatic rings. The minimum atomic E-state index is -2.50. The number of alkyl halides is 2. The molecule has 0 atom stereocenters. The van der Waals surface area contributed by atoms with Crippen molar-refractivity contribution in [2.45, 2.75) is 18.8 Å². The van der Waals surface area contributed by atoms with Gasteiger partial charge in [0.2, 0.25) is 0 Å². The number of rotatable bonds is 1. The number of para-hydroxylation sites is 2. The van der Waals surface area contributed by atoms with E-state index in [1.807, 2.05) is 23.1 Å². The van der Waals surface area contributed by atoms with Crippen molar-refractivity contribution < 1.29 is 8.78 Å². The van der Waals surface area contributed by atoms with Gasteiger partial charge in [0.15, 0.2) is 0 Å². The Balaban J connectivity index is 2.11. The Bertz CT molecular complexity index is 342. The molecule has 0 aliphatic carbocycles. The summed E-state index contributed by atoms with van der Waals surface area (Å²) in [5.41, 5.74) is 7.31. The van der Waals surface area contributed by atoms with E-state index in [9.17, 15) is 8.78 Å². The highest BCUT2D eigenvalue weighted by atomic mass is 19.3. The Hall–Kier alpha value is -1.32. The second-order valence-corrected chi connectivity index (χ2v) is 3.90. The summed E-state index contributed by atoms with van der Waals surface area (Å²) in [6, 6.07) is 7.39. The van der Waals surface area contributed by atoms with Crippen LogP contribution in [0.4, 0.5) is 20.2 Å². The molecular formula is C11H14F2N2. The summed E-state index contributed by atoms with van der Waals surface area (Å²) in [6.45, 7) is 0.752. The van der Waals surface area contributed by atoms with Crippen LogP contribution < -0.4 is 10.6 Å². The molecule has 0 spiro atoms. The topological polar surface area (TPSA) is 29.3 Å². The molecule has 82 valence electrons. The minimum absolute atomic E-state index is 0.0820. The second kappa shape index (κ2) is 3.68. The summed E-state index contributed by atoms with van der Waals surface area (Å²) in [5, 5.41) is 0. The summed E-state index contributed by atoms with van der Waals surface area (Å²) < 4.78 is 25.9. The summed E-state index contributed by atoms with van der Waals surface area (Å²) in [4.78, 5) is 1.92. The average Bonchev–Trinajstić information content (AvgIpc) is 2.19. The molecule has 2 N–H and O–H groups in total. The van der Waals surface area contributed by atoms with Gasteiger partial charge in [-0.2, -0.15) is 0 Å². The van der Waals surface area contributed by atoms with Gasteiger partial charge < -0.3 is 10.6 Å². The van der Waals surface area contributed by atoms with E-state index < -0.39 is 5.92 Å². The van der Waals surface area contributed by atoms with E-state index >= 15 is 0 Å². The van der Waals surface area contributed by atoms with Crippen LogP contribution in [-0.2, 0) is 0 Å².